The van der Waals surface area contributed by atoms with Gasteiger partial charge in [0, 0.05) is 0 Å². The molecule has 3 N–H and O–H groups in total. The van der Waals surface area contributed by atoms with Crippen molar-refractivity contribution in [1.29, 1.82) is 0 Å². The van der Waals surface area contributed by atoms with Crippen LogP contribution in [-0.4, -0.2) is 40.0 Å². The van der Waals surface area contributed by atoms with E-state index in [0.29, 0.717) is 0 Å². The van der Waals surface area contributed by atoms with Gasteiger partial charge in [0.1, 0.15) is 0 Å². The Morgan fingerprint density at radius 2 is 1.00 bits per heavy atom. The molecule has 5 heteroatoms. The van der Waals surface area contributed by atoms with E-state index in [9.17, 15) is 0 Å². The fourth-order valence-electron chi connectivity index (χ4n) is 0. The summed E-state index contributed by atoms with van der Waals surface area (Å²) in [6.45, 7) is 0. The summed E-state index contributed by atoms with van der Waals surface area (Å²) in [4.78, 5) is 0. The molecule has 5 heavy (non-hydrogen) atoms. The van der Waals surface area contributed by atoms with Crippen LogP contribution in [0.3, 0.4) is 0 Å². The summed E-state index contributed by atoms with van der Waals surface area (Å²) in [7, 11) is -2.17. The van der Waals surface area contributed by atoms with E-state index in [1.54, 1.807) is 0 Å². The van der Waals surface area contributed by atoms with Gasteiger partial charge in [-0.3, -0.25) is 0 Å². The zero-order valence-corrected chi connectivity index (χ0v) is 1.92. The zero-order chi connectivity index (χ0) is 3.58. The van der Waals surface area contributed by atoms with E-state index in [1.807, 2.05) is 0 Å². The fraction of sp³-hybridized carbons (Fsp3) is 0. The molecule has 0 spiro atoms. The predicted octanol–water partition coefficient (Wildman–Crippen LogP) is -3.50. The zero-order valence-electron chi connectivity index (χ0n) is 1.92. The third kappa shape index (κ3) is 117. The summed E-state index contributed by atoms with van der Waals surface area (Å²) >= 11 is 0. The Labute approximate surface area is 40.8 Å². The first-order valence-electron chi connectivity index (χ1n) is 0.775. The summed E-state index contributed by atoms with van der Waals surface area (Å²) in [6.07, 6.45) is 0. The van der Waals surface area contributed by atoms with E-state index in [0.717, 1.165) is 0 Å². The van der Waals surface area contributed by atoms with Crippen molar-refractivity contribution in [2.45, 2.75) is 0 Å². The first-order valence-corrected chi connectivity index (χ1v) is 0.775. The van der Waals surface area contributed by atoms with Crippen molar-refractivity contribution in [1.82, 2.24) is 0 Å². The Hall–Kier alpha value is 0.488. The molecule has 0 aromatic rings. The molecule has 0 aromatic heterocycles. The van der Waals surface area contributed by atoms with Crippen molar-refractivity contribution in [3.8, 4) is 0 Å². The number of hydrogen-bond acceptors (Lipinski definition) is 3. The molecular formula is H7BGeO3. The standard InChI is InChI=1S/BH3O3.GeH4/c2-1(3)4;/h2-4H;1H4. The Kier molecular flexibility index (Phi) is 8.16. The van der Waals surface area contributed by atoms with Crippen molar-refractivity contribution in [3.05, 3.63) is 0 Å². The van der Waals surface area contributed by atoms with Gasteiger partial charge >= 0.3 is 24.9 Å². The van der Waals surface area contributed by atoms with E-state index in [2.05, 4.69) is 0 Å². The molecule has 0 bridgehead atoms. The number of hydrogen-bond donors (Lipinski definition) is 3. The molecule has 0 unspecified atom stereocenters. The summed E-state index contributed by atoms with van der Waals surface area (Å²) in [5.41, 5.74) is 0. The molecule has 0 fully saturated rings. The van der Waals surface area contributed by atoms with Crippen molar-refractivity contribution >= 4 is 24.9 Å². The second-order valence-electron chi connectivity index (χ2n) is 0.346. The average Bonchev–Trinajstić information content (AvgIpc) is 0.811. The van der Waals surface area contributed by atoms with Crippen molar-refractivity contribution in [3.63, 3.8) is 0 Å². The molecule has 0 saturated heterocycles. The molecule has 0 aliphatic rings. The second kappa shape index (κ2) is 4.49. The summed E-state index contributed by atoms with van der Waals surface area (Å²) in [5.74, 6) is 0. The first kappa shape index (κ1) is 9.09. The van der Waals surface area contributed by atoms with E-state index in [4.69, 9.17) is 15.1 Å². The molecule has 0 amide bonds. The van der Waals surface area contributed by atoms with Crippen LogP contribution in [0.15, 0.2) is 0 Å². The van der Waals surface area contributed by atoms with Gasteiger partial charge in [-0.1, -0.05) is 0 Å². The van der Waals surface area contributed by atoms with Crippen molar-refractivity contribution < 1.29 is 15.1 Å². The van der Waals surface area contributed by atoms with Crippen LogP contribution in [0, 0.1) is 0 Å². The Bertz CT molecular complexity index is 11.6. The molecular weight excluding hydrogens is 131 g/mol. The molecule has 0 radical (unpaired) electrons. The van der Waals surface area contributed by atoms with Gasteiger partial charge in [0.05, 0.1) is 0 Å². The normalized spacial score (nSPS) is 5.40. The maximum absolute atomic E-state index is 7.17. The van der Waals surface area contributed by atoms with Crippen LogP contribution < -0.4 is 0 Å². The van der Waals surface area contributed by atoms with Gasteiger partial charge in [-0.05, 0) is 0 Å². The van der Waals surface area contributed by atoms with Gasteiger partial charge in [-0.15, -0.1) is 0 Å². The number of rotatable bonds is 0. The van der Waals surface area contributed by atoms with Gasteiger partial charge in [0.2, 0.25) is 0 Å². The van der Waals surface area contributed by atoms with Gasteiger partial charge in [0.25, 0.3) is 0 Å². The summed E-state index contributed by atoms with van der Waals surface area (Å²) in [6, 6.07) is 0. The Morgan fingerprint density at radius 3 is 1.00 bits per heavy atom. The van der Waals surface area contributed by atoms with E-state index in [-0.39, 0.29) is 17.6 Å². The maximum atomic E-state index is 7.17. The monoisotopic (exact) mass is 140 g/mol. The minimum absolute atomic E-state index is 0. The van der Waals surface area contributed by atoms with Gasteiger partial charge in [0.15, 0.2) is 0 Å². The molecule has 0 aliphatic carbocycles. The molecule has 0 aliphatic heterocycles. The van der Waals surface area contributed by atoms with E-state index in [1.165, 1.54) is 0 Å². The molecule has 0 aromatic carbocycles. The average molecular weight is 138 g/mol. The summed E-state index contributed by atoms with van der Waals surface area (Å²) in [5, 5.41) is 21.5. The molecule has 32 valence electrons. The van der Waals surface area contributed by atoms with Gasteiger partial charge < -0.3 is 15.1 Å². The molecule has 0 saturated carbocycles. The predicted molar refractivity (Wildman–Crippen MR) is 23.7 cm³/mol. The van der Waals surface area contributed by atoms with Gasteiger partial charge in [-0.25, -0.2) is 0 Å². The molecule has 0 rings (SSSR count). The van der Waals surface area contributed by atoms with Crippen LogP contribution in [-0.2, 0) is 0 Å². The van der Waals surface area contributed by atoms with Crippen LogP contribution in [0.5, 0.6) is 0 Å². The van der Waals surface area contributed by atoms with Crippen LogP contribution in [0.25, 0.3) is 0 Å². The minimum atomic E-state index is -2.17. The van der Waals surface area contributed by atoms with Crippen molar-refractivity contribution in [2.24, 2.45) is 0 Å². The third-order valence-corrected chi connectivity index (χ3v) is 0. The van der Waals surface area contributed by atoms with E-state index >= 15 is 0 Å². The molecule has 3 nitrogen and oxygen atoms in total. The molecule has 0 atom stereocenters. The van der Waals surface area contributed by atoms with Crippen LogP contribution in [0.4, 0.5) is 0 Å². The Morgan fingerprint density at radius 1 is 1.00 bits per heavy atom. The van der Waals surface area contributed by atoms with Crippen LogP contribution >= 0.6 is 0 Å². The third-order valence-electron chi connectivity index (χ3n) is 0. The molecule has 0 heterocycles. The van der Waals surface area contributed by atoms with E-state index < -0.39 is 7.32 Å². The second-order valence-corrected chi connectivity index (χ2v) is 0.346. The van der Waals surface area contributed by atoms with Gasteiger partial charge in [-0.2, -0.15) is 0 Å². The topological polar surface area (TPSA) is 60.7 Å². The fourth-order valence-corrected chi connectivity index (χ4v) is 0. The quantitative estimate of drug-likeness (QED) is 0.305. The Balaban J connectivity index is 0. The van der Waals surface area contributed by atoms with Crippen LogP contribution in [0.1, 0.15) is 0 Å². The SMILES string of the molecule is OB(O)O.[GeH4]. The van der Waals surface area contributed by atoms with Crippen LogP contribution in [0.2, 0.25) is 0 Å². The first-order chi connectivity index (χ1) is 1.73. The summed E-state index contributed by atoms with van der Waals surface area (Å²) < 4.78 is 0. The van der Waals surface area contributed by atoms with Crippen molar-refractivity contribution in [2.75, 3.05) is 0 Å².